The Bertz CT molecular complexity index is 976. The molecule has 0 spiro atoms. The Hall–Kier alpha value is -3.35. The molecule has 3 rings (SSSR count). The highest BCUT2D eigenvalue weighted by Gasteiger charge is 2.29. The molecule has 1 aliphatic rings. The van der Waals surface area contributed by atoms with Crippen LogP contribution in [0.2, 0.25) is 0 Å². The van der Waals surface area contributed by atoms with Crippen LogP contribution in [0.5, 0.6) is 0 Å². The highest BCUT2D eigenvalue weighted by Crippen LogP contribution is 2.44. The van der Waals surface area contributed by atoms with Crippen molar-refractivity contribution in [3.8, 4) is 11.1 Å². The van der Waals surface area contributed by atoms with E-state index in [1.807, 2.05) is 38.1 Å². The molecule has 2 unspecified atom stereocenters. The van der Waals surface area contributed by atoms with Crippen LogP contribution < -0.4 is 10.6 Å². The van der Waals surface area contributed by atoms with Crippen LogP contribution in [0.4, 0.5) is 4.79 Å². The molecule has 2 amide bonds. The fourth-order valence-electron chi connectivity index (χ4n) is 4.36. The van der Waals surface area contributed by atoms with E-state index in [2.05, 4.69) is 34.9 Å². The van der Waals surface area contributed by atoms with E-state index < -0.39 is 18.1 Å². The van der Waals surface area contributed by atoms with Gasteiger partial charge in [-0.2, -0.15) is 0 Å². The van der Waals surface area contributed by atoms with Gasteiger partial charge in [-0.05, 0) is 41.0 Å². The number of fused-ring (bicyclic) bond motifs is 3. The molecule has 0 aliphatic heterocycles. The minimum absolute atomic E-state index is 0.00885. The average molecular weight is 467 g/mol. The number of nitrogens with one attached hydrogen (secondary N) is 2. The van der Waals surface area contributed by atoms with Crippen molar-refractivity contribution in [3.63, 3.8) is 0 Å². The van der Waals surface area contributed by atoms with Crippen molar-refractivity contribution >= 4 is 18.0 Å². The smallest absolute Gasteiger partial charge is 0.407 e. The van der Waals surface area contributed by atoms with Gasteiger partial charge in [-0.25, -0.2) is 9.59 Å². The average Bonchev–Trinajstić information content (AvgIpc) is 3.16. The van der Waals surface area contributed by atoms with E-state index in [4.69, 9.17) is 4.74 Å². The van der Waals surface area contributed by atoms with Gasteiger partial charge in [0.1, 0.15) is 12.6 Å². The number of aliphatic carboxylic acids is 1. The molecule has 1 aliphatic carbocycles. The summed E-state index contributed by atoms with van der Waals surface area (Å²) in [6.45, 7) is 6.10. The van der Waals surface area contributed by atoms with E-state index in [1.165, 1.54) is 11.1 Å². The molecule has 3 N–H and O–H groups in total. The number of hydrogen-bond donors (Lipinski definition) is 3. The maximum atomic E-state index is 12.4. The van der Waals surface area contributed by atoms with Crippen LogP contribution in [0.15, 0.2) is 48.5 Å². The quantitative estimate of drug-likeness (QED) is 0.421. The van der Waals surface area contributed by atoms with Crippen molar-refractivity contribution in [2.45, 2.75) is 52.0 Å². The Morgan fingerprint density at radius 3 is 2.15 bits per heavy atom. The monoisotopic (exact) mass is 466 g/mol. The van der Waals surface area contributed by atoms with Gasteiger partial charge in [0.2, 0.25) is 5.91 Å². The molecule has 2 aromatic rings. The molecule has 0 saturated carbocycles. The van der Waals surface area contributed by atoms with Crippen molar-refractivity contribution in [1.29, 1.82) is 0 Å². The molecular formula is C27H34N2O5. The van der Waals surface area contributed by atoms with Gasteiger partial charge in [0.25, 0.3) is 0 Å². The van der Waals surface area contributed by atoms with Gasteiger partial charge < -0.3 is 20.5 Å². The fraction of sp³-hybridized carbons (Fsp3) is 0.444. The molecule has 3 atom stereocenters. The largest absolute Gasteiger partial charge is 0.480 e. The standard InChI is InChI=1S/C27H34N2O5/c1-4-17(2)24(26(31)32)29-25(30)18(3)10-9-15-28-27(33)34-16-23-21-13-7-5-11-19(21)20-12-6-8-14-22(20)23/h5-8,11-14,17-18,23-24H,4,9-10,15-16H2,1-3H3,(H,28,33)(H,29,30)(H,31,32)/t17?,18?,24-/m0/s1. The highest BCUT2D eigenvalue weighted by atomic mass is 16.5. The SMILES string of the molecule is CCC(C)[C@H](NC(=O)C(C)CCCNC(=O)OCC1c2ccccc2-c2ccccc21)C(=O)O. The van der Waals surface area contributed by atoms with Gasteiger partial charge in [0, 0.05) is 18.4 Å². The lowest BCUT2D eigenvalue weighted by Crippen LogP contribution is -2.46. The third-order valence-electron chi connectivity index (χ3n) is 6.65. The van der Waals surface area contributed by atoms with E-state index in [-0.39, 0.29) is 30.3 Å². The number of carboxylic acid groups (broad SMARTS) is 1. The van der Waals surface area contributed by atoms with Crippen LogP contribution in [0.3, 0.4) is 0 Å². The number of alkyl carbamates (subject to hydrolysis) is 1. The number of rotatable bonds is 11. The number of amides is 2. The molecule has 0 saturated heterocycles. The zero-order chi connectivity index (χ0) is 24.7. The number of ether oxygens (including phenoxy) is 1. The summed E-state index contributed by atoms with van der Waals surface area (Å²) in [6.07, 6.45) is 1.29. The molecule has 0 bridgehead atoms. The van der Waals surface area contributed by atoms with Crippen LogP contribution in [0.1, 0.15) is 57.1 Å². The molecule has 0 fully saturated rings. The molecule has 7 heteroatoms. The van der Waals surface area contributed by atoms with Crippen LogP contribution in [-0.4, -0.2) is 42.3 Å². The third-order valence-corrected chi connectivity index (χ3v) is 6.65. The first-order valence-electron chi connectivity index (χ1n) is 12.0. The van der Waals surface area contributed by atoms with Gasteiger partial charge in [0.15, 0.2) is 0 Å². The highest BCUT2D eigenvalue weighted by molar-refractivity contribution is 5.85. The summed E-state index contributed by atoms with van der Waals surface area (Å²) in [5.74, 6) is -1.80. The van der Waals surface area contributed by atoms with Crippen LogP contribution in [0, 0.1) is 11.8 Å². The number of benzene rings is 2. The Balaban J connectivity index is 1.42. The van der Waals surface area contributed by atoms with Crippen LogP contribution in [0.25, 0.3) is 11.1 Å². The molecule has 0 aromatic heterocycles. The number of carbonyl (C=O) groups is 3. The molecule has 182 valence electrons. The Kier molecular flexibility index (Phi) is 8.68. The van der Waals surface area contributed by atoms with E-state index in [9.17, 15) is 19.5 Å². The summed E-state index contributed by atoms with van der Waals surface area (Å²) >= 11 is 0. The van der Waals surface area contributed by atoms with E-state index in [0.717, 1.165) is 11.1 Å². The van der Waals surface area contributed by atoms with Gasteiger partial charge in [-0.15, -0.1) is 0 Å². The van der Waals surface area contributed by atoms with E-state index in [0.29, 0.717) is 25.8 Å². The van der Waals surface area contributed by atoms with Gasteiger partial charge >= 0.3 is 12.1 Å². The van der Waals surface area contributed by atoms with Crippen LogP contribution >= 0.6 is 0 Å². The lowest BCUT2D eigenvalue weighted by Gasteiger charge is -2.22. The fourth-order valence-corrected chi connectivity index (χ4v) is 4.36. The second-order valence-electron chi connectivity index (χ2n) is 9.01. The summed E-state index contributed by atoms with van der Waals surface area (Å²) in [7, 11) is 0. The molecule has 0 heterocycles. The zero-order valence-electron chi connectivity index (χ0n) is 20.0. The summed E-state index contributed by atoms with van der Waals surface area (Å²) < 4.78 is 5.52. The Morgan fingerprint density at radius 2 is 1.59 bits per heavy atom. The number of carbonyl (C=O) groups excluding carboxylic acids is 2. The minimum Gasteiger partial charge on any atom is -0.480 e. The van der Waals surface area contributed by atoms with Gasteiger partial charge in [-0.3, -0.25) is 4.79 Å². The minimum atomic E-state index is -1.02. The molecule has 0 radical (unpaired) electrons. The molecular weight excluding hydrogens is 432 g/mol. The molecule has 2 aromatic carbocycles. The number of hydrogen-bond acceptors (Lipinski definition) is 4. The molecule has 34 heavy (non-hydrogen) atoms. The second-order valence-corrected chi connectivity index (χ2v) is 9.01. The summed E-state index contributed by atoms with van der Waals surface area (Å²) in [4.78, 5) is 36.0. The van der Waals surface area contributed by atoms with Gasteiger partial charge in [0.05, 0.1) is 0 Å². The predicted molar refractivity (Wildman–Crippen MR) is 130 cm³/mol. The summed E-state index contributed by atoms with van der Waals surface area (Å²) in [6, 6.07) is 15.5. The lowest BCUT2D eigenvalue weighted by molar-refractivity contribution is -0.144. The maximum Gasteiger partial charge on any atom is 0.407 e. The third kappa shape index (κ3) is 5.95. The van der Waals surface area contributed by atoms with E-state index >= 15 is 0 Å². The zero-order valence-corrected chi connectivity index (χ0v) is 20.0. The first kappa shape index (κ1) is 25.3. The summed E-state index contributed by atoms with van der Waals surface area (Å²) in [5, 5.41) is 14.7. The number of carboxylic acids is 1. The van der Waals surface area contributed by atoms with Crippen molar-refractivity contribution in [3.05, 3.63) is 59.7 Å². The normalized spacial score (nSPS) is 14.9. The first-order valence-corrected chi connectivity index (χ1v) is 12.0. The molecule has 7 nitrogen and oxygen atoms in total. The van der Waals surface area contributed by atoms with Crippen molar-refractivity contribution in [1.82, 2.24) is 10.6 Å². The lowest BCUT2D eigenvalue weighted by atomic mass is 9.97. The predicted octanol–water partition coefficient (Wildman–Crippen LogP) is 4.56. The van der Waals surface area contributed by atoms with Crippen molar-refractivity contribution in [2.24, 2.45) is 11.8 Å². The first-order chi connectivity index (χ1) is 16.3. The maximum absolute atomic E-state index is 12.4. The van der Waals surface area contributed by atoms with Crippen molar-refractivity contribution in [2.75, 3.05) is 13.2 Å². The van der Waals surface area contributed by atoms with Crippen LogP contribution in [-0.2, 0) is 14.3 Å². The Morgan fingerprint density at radius 1 is 1.00 bits per heavy atom. The Labute approximate surface area is 200 Å². The summed E-state index contributed by atoms with van der Waals surface area (Å²) in [5.41, 5.74) is 4.68. The topological polar surface area (TPSA) is 105 Å². The van der Waals surface area contributed by atoms with E-state index in [1.54, 1.807) is 6.92 Å². The van der Waals surface area contributed by atoms with Gasteiger partial charge in [-0.1, -0.05) is 75.7 Å². The second kappa shape index (κ2) is 11.7. The van der Waals surface area contributed by atoms with Crippen molar-refractivity contribution < 1.29 is 24.2 Å².